The highest BCUT2D eigenvalue weighted by molar-refractivity contribution is 6.25. The van der Waals surface area contributed by atoms with Crippen LogP contribution < -0.4 is 0 Å². The Hall–Kier alpha value is -2.82. The van der Waals surface area contributed by atoms with Crippen molar-refractivity contribution < 1.29 is 19.1 Å². The summed E-state index contributed by atoms with van der Waals surface area (Å²) in [5.74, 6) is 1.16. The van der Waals surface area contributed by atoms with Crippen LogP contribution in [0.3, 0.4) is 0 Å². The van der Waals surface area contributed by atoms with Gasteiger partial charge in [0, 0.05) is 33.4 Å². The molecule has 0 fully saturated rings. The molecule has 4 rings (SSSR count). The SMILES string of the molecule is O=C1/C(=C2\C=C(OCCCl)c3ccccc3C2=O)C=C(OCCCl)c2ccccc21. The lowest BCUT2D eigenvalue weighted by atomic mass is 9.83. The lowest BCUT2D eigenvalue weighted by Gasteiger charge is -2.23. The molecule has 0 radical (unpaired) electrons. The second-order valence-corrected chi connectivity index (χ2v) is 7.42. The van der Waals surface area contributed by atoms with E-state index in [-0.39, 0.29) is 35.9 Å². The van der Waals surface area contributed by atoms with E-state index in [1.54, 1.807) is 36.4 Å². The fraction of sp³-hybridized carbons (Fsp3) is 0.167. The van der Waals surface area contributed by atoms with Gasteiger partial charge in [0.15, 0.2) is 11.6 Å². The molecule has 2 aliphatic rings. The van der Waals surface area contributed by atoms with Crippen LogP contribution in [0.1, 0.15) is 31.8 Å². The van der Waals surface area contributed by atoms with Gasteiger partial charge in [-0.15, -0.1) is 23.2 Å². The van der Waals surface area contributed by atoms with Crippen molar-refractivity contribution in [3.63, 3.8) is 0 Å². The maximum Gasteiger partial charge on any atom is 0.194 e. The van der Waals surface area contributed by atoms with E-state index in [9.17, 15) is 9.59 Å². The number of carbonyl (C=O) groups is 2. The summed E-state index contributed by atoms with van der Waals surface area (Å²) in [7, 11) is 0. The number of benzene rings is 2. The number of ether oxygens (including phenoxy) is 2. The van der Waals surface area contributed by atoms with Crippen LogP contribution in [0.5, 0.6) is 0 Å². The first-order chi connectivity index (χ1) is 14.7. The van der Waals surface area contributed by atoms with E-state index in [1.165, 1.54) is 0 Å². The summed E-state index contributed by atoms with van der Waals surface area (Å²) in [5.41, 5.74) is 2.87. The van der Waals surface area contributed by atoms with Crippen LogP contribution in [0.2, 0.25) is 0 Å². The lowest BCUT2D eigenvalue weighted by Crippen LogP contribution is -2.20. The van der Waals surface area contributed by atoms with Gasteiger partial charge in [0.05, 0.1) is 11.8 Å². The second kappa shape index (κ2) is 8.90. The maximum absolute atomic E-state index is 13.3. The fourth-order valence-electron chi connectivity index (χ4n) is 3.57. The smallest absolute Gasteiger partial charge is 0.194 e. The third-order valence-corrected chi connectivity index (χ3v) is 5.18. The van der Waals surface area contributed by atoms with Crippen molar-refractivity contribution in [1.29, 1.82) is 0 Å². The monoisotopic (exact) mass is 440 g/mol. The highest BCUT2D eigenvalue weighted by Gasteiger charge is 2.32. The van der Waals surface area contributed by atoms with Crippen LogP contribution in [-0.2, 0) is 9.47 Å². The molecule has 0 saturated heterocycles. The third kappa shape index (κ3) is 3.69. The van der Waals surface area contributed by atoms with Crippen molar-refractivity contribution >= 4 is 46.3 Å². The van der Waals surface area contributed by atoms with Gasteiger partial charge in [0.2, 0.25) is 0 Å². The van der Waals surface area contributed by atoms with Crippen molar-refractivity contribution in [1.82, 2.24) is 0 Å². The predicted octanol–water partition coefficient (Wildman–Crippen LogP) is 5.27. The summed E-state index contributed by atoms with van der Waals surface area (Å²) in [5, 5.41) is 0. The summed E-state index contributed by atoms with van der Waals surface area (Å²) in [6.45, 7) is 0.574. The Bertz CT molecular complexity index is 1020. The van der Waals surface area contributed by atoms with Crippen LogP contribution in [0.25, 0.3) is 11.5 Å². The molecule has 6 heteroatoms. The molecule has 4 nitrogen and oxygen atoms in total. The average Bonchev–Trinajstić information content (AvgIpc) is 2.79. The maximum atomic E-state index is 13.3. The molecule has 0 amide bonds. The molecular weight excluding hydrogens is 423 g/mol. The van der Waals surface area contributed by atoms with Gasteiger partial charge in [0.25, 0.3) is 0 Å². The molecule has 0 atom stereocenters. The molecule has 0 heterocycles. The van der Waals surface area contributed by atoms with E-state index in [2.05, 4.69) is 0 Å². The highest BCUT2D eigenvalue weighted by Crippen LogP contribution is 2.36. The topological polar surface area (TPSA) is 52.6 Å². The summed E-state index contributed by atoms with van der Waals surface area (Å²) in [4.78, 5) is 26.6. The number of halogens is 2. The minimum atomic E-state index is -0.237. The first kappa shape index (κ1) is 20.5. The Morgan fingerprint density at radius 2 is 0.967 bits per heavy atom. The number of fused-ring (bicyclic) bond motifs is 2. The van der Waals surface area contributed by atoms with Crippen molar-refractivity contribution in [2.24, 2.45) is 0 Å². The normalized spacial score (nSPS) is 17.7. The number of hydrogen-bond donors (Lipinski definition) is 0. The number of rotatable bonds is 6. The summed E-state index contributed by atoms with van der Waals surface area (Å²) in [6, 6.07) is 14.3. The van der Waals surface area contributed by atoms with Crippen molar-refractivity contribution in [2.45, 2.75) is 0 Å². The molecule has 0 spiro atoms. The molecule has 2 aliphatic carbocycles. The van der Waals surface area contributed by atoms with Gasteiger partial charge in [0.1, 0.15) is 24.7 Å². The molecule has 0 saturated carbocycles. The van der Waals surface area contributed by atoms with Gasteiger partial charge in [-0.2, -0.15) is 0 Å². The molecule has 0 unspecified atom stereocenters. The number of hydrogen-bond acceptors (Lipinski definition) is 4. The molecule has 0 bridgehead atoms. The van der Waals surface area contributed by atoms with Crippen LogP contribution in [0.15, 0.2) is 71.8 Å². The molecule has 30 heavy (non-hydrogen) atoms. The number of ketones is 2. The van der Waals surface area contributed by atoms with Crippen molar-refractivity contribution in [3.8, 4) is 0 Å². The van der Waals surface area contributed by atoms with Crippen LogP contribution in [-0.4, -0.2) is 36.5 Å². The standard InChI is InChI=1S/C24H18Cl2O4/c25-9-11-29-21-13-19(23(27)17-7-3-1-5-15(17)21)20-14-22(30-12-10-26)16-6-2-4-8-18(16)24(20)28/h1-8,13-14H,9-12H2/b20-19+. The molecule has 0 N–H and O–H groups in total. The van der Waals surface area contributed by atoms with E-state index in [4.69, 9.17) is 32.7 Å². The Morgan fingerprint density at radius 1 is 0.600 bits per heavy atom. The Morgan fingerprint density at radius 3 is 1.33 bits per heavy atom. The van der Waals surface area contributed by atoms with E-state index >= 15 is 0 Å². The number of allylic oxidation sites excluding steroid dienone is 4. The van der Waals surface area contributed by atoms with E-state index in [0.29, 0.717) is 45.5 Å². The predicted molar refractivity (Wildman–Crippen MR) is 118 cm³/mol. The van der Waals surface area contributed by atoms with Gasteiger partial charge in [-0.05, 0) is 12.2 Å². The van der Waals surface area contributed by atoms with Crippen LogP contribution >= 0.6 is 23.2 Å². The minimum Gasteiger partial charge on any atom is -0.492 e. The van der Waals surface area contributed by atoms with Crippen molar-refractivity contribution in [2.75, 3.05) is 25.0 Å². The molecule has 2 aromatic carbocycles. The first-order valence-electron chi connectivity index (χ1n) is 9.49. The first-order valence-corrected chi connectivity index (χ1v) is 10.6. The van der Waals surface area contributed by atoms with E-state index in [0.717, 1.165) is 0 Å². The second-order valence-electron chi connectivity index (χ2n) is 6.67. The zero-order chi connectivity index (χ0) is 21.1. The number of alkyl halides is 2. The Balaban J connectivity index is 1.90. The zero-order valence-electron chi connectivity index (χ0n) is 16.0. The van der Waals surface area contributed by atoms with Gasteiger partial charge in [-0.25, -0.2) is 0 Å². The van der Waals surface area contributed by atoms with Gasteiger partial charge < -0.3 is 9.47 Å². The van der Waals surface area contributed by atoms with Crippen LogP contribution in [0.4, 0.5) is 0 Å². The van der Waals surface area contributed by atoms with Gasteiger partial charge >= 0.3 is 0 Å². The molecular formula is C24H18Cl2O4. The zero-order valence-corrected chi connectivity index (χ0v) is 17.5. The largest absolute Gasteiger partial charge is 0.492 e. The van der Waals surface area contributed by atoms with Crippen LogP contribution in [0, 0.1) is 0 Å². The lowest BCUT2D eigenvalue weighted by molar-refractivity contribution is 0.100. The van der Waals surface area contributed by atoms with Crippen molar-refractivity contribution in [3.05, 3.63) is 94.1 Å². The fourth-order valence-corrected chi connectivity index (χ4v) is 3.72. The van der Waals surface area contributed by atoms with Gasteiger partial charge in [-0.1, -0.05) is 48.5 Å². The molecule has 152 valence electrons. The Labute approximate surface area is 184 Å². The highest BCUT2D eigenvalue weighted by atomic mass is 35.5. The quantitative estimate of drug-likeness (QED) is 0.453. The number of Topliss-reactive ketones (excluding diaryl/α,β-unsaturated/α-hetero) is 2. The summed E-state index contributed by atoms with van der Waals surface area (Å²) in [6.07, 6.45) is 3.24. The molecule has 2 aromatic rings. The summed E-state index contributed by atoms with van der Waals surface area (Å²) >= 11 is 11.6. The summed E-state index contributed by atoms with van der Waals surface area (Å²) < 4.78 is 11.6. The average molecular weight is 441 g/mol. The minimum absolute atomic E-state index is 0.237. The van der Waals surface area contributed by atoms with Gasteiger partial charge in [-0.3, -0.25) is 9.59 Å². The third-order valence-electron chi connectivity index (χ3n) is 4.87. The molecule has 0 aromatic heterocycles. The Kier molecular flexibility index (Phi) is 6.07. The molecule has 0 aliphatic heterocycles. The van der Waals surface area contributed by atoms with E-state index in [1.807, 2.05) is 24.3 Å². The number of carbonyl (C=O) groups excluding carboxylic acids is 2. The van der Waals surface area contributed by atoms with E-state index < -0.39 is 0 Å².